The fourth-order valence-corrected chi connectivity index (χ4v) is 3.21. The predicted molar refractivity (Wildman–Crippen MR) is 108 cm³/mol. The quantitative estimate of drug-likeness (QED) is 0.280. The minimum absolute atomic E-state index is 0.0112. The van der Waals surface area contributed by atoms with Crippen LogP contribution in [0.15, 0.2) is 0 Å². The Hall–Kier alpha value is -3.20. The molecule has 0 spiro atoms. The molecule has 1 fully saturated rings. The molecule has 0 saturated carbocycles. The van der Waals surface area contributed by atoms with Gasteiger partial charge in [-0.15, -0.1) is 0 Å². The van der Waals surface area contributed by atoms with E-state index in [1.54, 1.807) is 25.7 Å². The van der Waals surface area contributed by atoms with E-state index in [2.05, 4.69) is 9.97 Å². The van der Waals surface area contributed by atoms with Crippen molar-refractivity contribution in [3.8, 4) is 6.07 Å². The number of halogens is 1. The number of nitriles is 1. The van der Waals surface area contributed by atoms with E-state index in [0.717, 1.165) is 6.92 Å². The van der Waals surface area contributed by atoms with Crippen LogP contribution in [0, 0.1) is 21.4 Å². The van der Waals surface area contributed by atoms with Crippen LogP contribution in [-0.2, 0) is 20.9 Å². The molecule has 1 aromatic rings. The highest BCUT2D eigenvalue weighted by Crippen LogP contribution is 2.33. The molecule has 2 rings (SSSR count). The van der Waals surface area contributed by atoms with Crippen LogP contribution in [0.1, 0.15) is 39.8 Å². The Bertz CT molecular complexity index is 912. The van der Waals surface area contributed by atoms with Crippen LogP contribution in [-0.4, -0.2) is 63.1 Å². The maximum absolute atomic E-state index is 12.5. The number of hydrogen-bond donors (Lipinski definition) is 0. The van der Waals surface area contributed by atoms with Gasteiger partial charge in [0.25, 0.3) is 0 Å². The highest BCUT2D eigenvalue weighted by atomic mass is 35.5. The molecule has 168 valence electrons. The molecule has 0 aliphatic carbocycles. The van der Waals surface area contributed by atoms with Crippen molar-refractivity contribution in [2.24, 2.45) is 0 Å². The van der Waals surface area contributed by atoms with Gasteiger partial charge in [0.05, 0.1) is 23.5 Å². The standard InChI is InChI=1S/C18H23ClN6O6/c1-11(26)30-10-13-14(25(28)29)15(22-16(19)21-13)23-7-8-24(12(9-23)5-6-20)17(27)31-18(2,3)4/h12H,5,7-10H2,1-4H3/t12-/m0/s1. The van der Waals surface area contributed by atoms with E-state index in [9.17, 15) is 25.0 Å². The molecule has 1 atom stereocenters. The van der Waals surface area contributed by atoms with E-state index < -0.39 is 40.9 Å². The Morgan fingerprint density at radius 2 is 2.03 bits per heavy atom. The normalized spacial score (nSPS) is 16.5. The first-order valence-electron chi connectivity index (χ1n) is 9.38. The van der Waals surface area contributed by atoms with Crippen LogP contribution < -0.4 is 4.90 Å². The Balaban J connectivity index is 2.37. The number of hydrogen-bond acceptors (Lipinski definition) is 10. The molecule has 1 aliphatic heterocycles. The van der Waals surface area contributed by atoms with Crippen molar-refractivity contribution < 1.29 is 24.0 Å². The van der Waals surface area contributed by atoms with Crippen LogP contribution in [0.5, 0.6) is 0 Å². The van der Waals surface area contributed by atoms with Gasteiger partial charge < -0.3 is 19.3 Å². The second-order valence-electron chi connectivity index (χ2n) is 7.78. The number of aromatic nitrogens is 2. The van der Waals surface area contributed by atoms with Crippen molar-refractivity contribution >= 4 is 35.2 Å². The number of rotatable bonds is 5. The molecular formula is C18H23ClN6O6. The van der Waals surface area contributed by atoms with E-state index in [4.69, 9.17) is 21.1 Å². The van der Waals surface area contributed by atoms with Gasteiger partial charge in [0.1, 0.15) is 12.2 Å². The van der Waals surface area contributed by atoms with Crippen LogP contribution in [0.4, 0.5) is 16.3 Å². The van der Waals surface area contributed by atoms with Gasteiger partial charge in [-0.3, -0.25) is 14.9 Å². The molecule has 0 N–H and O–H groups in total. The molecule has 0 unspecified atom stereocenters. The van der Waals surface area contributed by atoms with Crippen molar-refractivity contribution in [2.75, 3.05) is 24.5 Å². The number of nitrogens with zero attached hydrogens (tertiary/aromatic N) is 6. The van der Waals surface area contributed by atoms with Crippen molar-refractivity contribution in [1.29, 1.82) is 5.26 Å². The van der Waals surface area contributed by atoms with E-state index in [0.29, 0.717) is 0 Å². The van der Waals surface area contributed by atoms with Crippen LogP contribution in [0.3, 0.4) is 0 Å². The fourth-order valence-electron chi connectivity index (χ4n) is 3.03. The van der Waals surface area contributed by atoms with Gasteiger partial charge in [-0.25, -0.2) is 9.78 Å². The van der Waals surface area contributed by atoms with Gasteiger partial charge >= 0.3 is 17.7 Å². The second kappa shape index (κ2) is 9.74. The zero-order valence-corrected chi connectivity index (χ0v) is 18.4. The number of amides is 1. The lowest BCUT2D eigenvalue weighted by atomic mass is 10.1. The highest BCUT2D eigenvalue weighted by Gasteiger charge is 2.37. The van der Waals surface area contributed by atoms with Gasteiger partial charge in [0.15, 0.2) is 5.69 Å². The van der Waals surface area contributed by atoms with Gasteiger partial charge in [-0.2, -0.15) is 10.2 Å². The Labute approximate surface area is 183 Å². The number of carbonyl (C=O) groups is 2. The first-order chi connectivity index (χ1) is 14.4. The Morgan fingerprint density at radius 3 is 2.58 bits per heavy atom. The first kappa shape index (κ1) is 24.1. The molecule has 31 heavy (non-hydrogen) atoms. The highest BCUT2D eigenvalue weighted by molar-refractivity contribution is 6.28. The third-order valence-electron chi connectivity index (χ3n) is 4.24. The Kier molecular flexibility index (Phi) is 7.56. The monoisotopic (exact) mass is 454 g/mol. The summed E-state index contributed by atoms with van der Waals surface area (Å²) >= 11 is 5.96. The number of carbonyl (C=O) groups excluding carboxylic acids is 2. The zero-order chi connectivity index (χ0) is 23.3. The number of ether oxygens (including phenoxy) is 2. The number of piperazine rings is 1. The lowest BCUT2D eigenvalue weighted by molar-refractivity contribution is -0.385. The molecular weight excluding hydrogens is 432 g/mol. The summed E-state index contributed by atoms with van der Waals surface area (Å²) in [6, 6.07) is 1.44. The van der Waals surface area contributed by atoms with Crippen LogP contribution in [0.25, 0.3) is 0 Å². The average Bonchev–Trinajstić information content (AvgIpc) is 2.64. The van der Waals surface area contributed by atoms with Crippen molar-refractivity contribution in [3.63, 3.8) is 0 Å². The van der Waals surface area contributed by atoms with Crippen LogP contribution in [0.2, 0.25) is 5.28 Å². The first-order valence-corrected chi connectivity index (χ1v) is 9.76. The summed E-state index contributed by atoms with van der Waals surface area (Å²) in [6.07, 6.45) is -0.582. The molecule has 1 aromatic heterocycles. The summed E-state index contributed by atoms with van der Waals surface area (Å²) in [5, 5.41) is 20.7. The van der Waals surface area contributed by atoms with Crippen molar-refractivity contribution in [1.82, 2.24) is 14.9 Å². The topological polar surface area (TPSA) is 152 Å². The SMILES string of the molecule is CC(=O)OCc1nc(Cl)nc(N2CCN(C(=O)OC(C)(C)C)[C@@H](CC#N)C2)c1[N+](=O)[O-]. The molecule has 13 heteroatoms. The summed E-state index contributed by atoms with van der Waals surface area (Å²) in [6.45, 7) is 6.35. The second-order valence-corrected chi connectivity index (χ2v) is 8.12. The summed E-state index contributed by atoms with van der Waals surface area (Å²) in [5.74, 6) is -0.704. The molecule has 2 heterocycles. The van der Waals surface area contributed by atoms with Crippen molar-refractivity contribution in [2.45, 2.75) is 52.4 Å². The molecule has 12 nitrogen and oxygen atoms in total. The molecule has 0 aromatic carbocycles. The predicted octanol–water partition coefficient (Wildman–Crippen LogP) is 2.44. The van der Waals surface area contributed by atoms with E-state index in [1.165, 1.54) is 4.90 Å². The van der Waals surface area contributed by atoms with Crippen LogP contribution >= 0.6 is 11.6 Å². The smallest absolute Gasteiger partial charge is 0.410 e. The van der Waals surface area contributed by atoms with E-state index in [1.807, 2.05) is 6.07 Å². The van der Waals surface area contributed by atoms with Gasteiger partial charge in [-0.1, -0.05) is 0 Å². The summed E-state index contributed by atoms with van der Waals surface area (Å²) in [7, 11) is 0. The Morgan fingerprint density at radius 1 is 1.35 bits per heavy atom. The largest absolute Gasteiger partial charge is 0.459 e. The summed E-state index contributed by atoms with van der Waals surface area (Å²) in [4.78, 5) is 45.6. The van der Waals surface area contributed by atoms with Gasteiger partial charge in [0.2, 0.25) is 11.1 Å². The third-order valence-corrected chi connectivity index (χ3v) is 4.41. The van der Waals surface area contributed by atoms with Gasteiger partial charge in [-0.05, 0) is 32.4 Å². The lowest BCUT2D eigenvalue weighted by Crippen LogP contribution is -2.56. The zero-order valence-electron chi connectivity index (χ0n) is 17.6. The third kappa shape index (κ3) is 6.39. The average molecular weight is 455 g/mol. The summed E-state index contributed by atoms with van der Waals surface area (Å²) in [5.41, 5.74) is -1.32. The van der Waals surface area contributed by atoms with Crippen molar-refractivity contribution in [3.05, 3.63) is 21.1 Å². The number of anilines is 1. The molecule has 0 bridgehead atoms. The molecule has 1 aliphatic rings. The minimum atomic E-state index is -0.712. The lowest BCUT2D eigenvalue weighted by Gasteiger charge is -2.41. The number of nitro groups is 1. The maximum atomic E-state index is 12.5. The molecule has 1 saturated heterocycles. The number of esters is 1. The summed E-state index contributed by atoms with van der Waals surface area (Å²) < 4.78 is 10.3. The maximum Gasteiger partial charge on any atom is 0.410 e. The van der Waals surface area contributed by atoms with E-state index >= 15 is 0 Å². The minimum Gasteiger partial charge on any atom is -0.459 e. The molecule has 0 radical (unpaired) electrons. The van der Waals surface area contributed by atoms with E-state index in [-0.39, 0.29) is 42.9 Å². The molecule has 1 amide bonds. The fraction of sp³-hybridized carbons (Fsp3) is 0.611. The van der Waals surface area contributed by atoms with Gasteiger partial charge in [0, 0.05) is 26.6 Å².